The normalized spacial score (nSPS) is 17.0. The number of carbonyl (C=O) groups is 3. The number of hydrogen-bond donors (Lipinski definition) is 1. The molecule has 0 aliphatic carbocycles. The van der Waals surface area contributed by atoms with Gasteiger partial charge in [0.15, 0.2) is 0 Å². The molecule has 1 atom stereocenters. The Bertz CT molecular complexity index is 718. The van der Waals surface area contributed by atoms with Crippen LogP contribution in [-0.2, 0) is 27.4 Å². The summed E-state index contributed by atoms with van der Waals surface area (Å²) in [5, 5.41) is 8.71. The molecule has 0 radical (unpaired) electrons. The van der Waals surface area contributed by atoms with E-state index in [2.05, 4.69) is 17.9 Å². The summed E-state index contributed by atoms with van der Waals surface area (Å²) in [7, 11) is 1.33. The molecular weight excluding hydrogens is 388 g/mol. The van der Waals surface area contributed by atoms with E-state index in [-0.39, 0.29) is 5.97 Å². The van der Waals surface area contributed by atoms with Crippen LogP contribution in [0.25, 0.3) is 0 Å². The van der Waals surface area contributed by atoms with Gasteiger partial charge in [0.2, 0.25) is 0 Å². The van der Waals surface area contributed by atoms with Crippen molar-refractivity contribution in [1.29, 1.82) is 0 Å². The molecule has 3 rings (SSSR count). The van der Waals surface area contributed by atoms with Gasteiger partial charge in [-0.2, -0.15) is 0 Å². The van der Waals surface area contributed by atoms with E-state index in [1.54, 1.807) is 20.8 Å². The molecule has 0 bridgehead atoms. The second-order valence-electron chi connectivity index (χ2n) is 7.76. The Hall–Kier alpha value is -3.03. The summed E-state index contributed by atoms with van der Waals surface area (Å²) in [5.74, 6) is -0.372. The average Bonchev–Trinajstić information content (AvgIpc) is 3.35. The SMILES string of the molecule is C=C.COC(=O)C1CCCN1C(=O)OC(C)(C)C.O=C(O)N1Cc2ccccc2C1. The Labute approximate surface area is 178 Å². The van der Waals surface area contributed by atoms with Crippen molar-refractivity contribution in [1.82, 2.24) is 9.80 Å². The van der Waals surface area contributed by atoms with Crippen LogP contribution in [0.15, 0.2) is 37.4 Å². The molecule has 0 aromatic heterocycles. The molecule has 1 saturated heterocycles. The fourth-order valence-corrected chi connectivity index (χ4v) is 3.16. The zero-order valence-electron chi connectivity index (χ0n) is 18.2. The van der Waals surface area contributed by atoms with Crippen molar-refractivity contribution < 1.29 is 29.0 Å². The molecule has 30 heavy (non-hydrogen) atoms. The van der Waals surface area contributed by atoms with Crippen molar-refractivity contribution in [2.24, 2.45) is 0 Å². The number of methoxy groups -OCH3 is 1. The Morgan fingerprint density at radius 1 is 1.10 bits per heavy atom. The highest BCUT2D eigenvalue weighted by Gasteiger charge is 2.37. The third-order valence-electron chi connectivity index (χ3n) is 4.47. The smallest absolute Gasteiger partial charge is 0.411 e. The zero-order valence-corrected chi connectivity index (χ0v) is 18.2. The first kappa shape index (κ1) is 25.0. The number of carboxylic acid groups (broad SMARTS) is 1. The molecule has 2 aliphatic heterocycles. The van der Waals surface area contributed by atoms with Crippen molar-refractivity contribution in [2.75, 3.05) is 13.7 Å². The molecular formula is C22H32N2O6. The highest BCUT2D eigenvalue weighted by Crippen LogP contribution is 2.22. The maximum Gasteiger partial charge on any atom is 0.411 e. The van der Waals surface area contributed by atoms with Crippen LogP contribution >= 0.6 is 0 Å². The lowest BCUT2D eigenvalue weighted by atomic mass is 10.1. The summed E-state index contributed by atoms with van der Waals surface area (Å²) in [6.07, 6.45) is 0.164. The molecule has 8 nitrogen and oxygen atoms in total. The van der Waals surface area contributed by atoms with E-state index < -0.39 is 23.8 Å². The third kappa shape index (κ3) is 7.09. The molecule has 1 aromatic rings. The van der Waals surface area contributed by atoms with Gasteiger partial charge in [-0.1, -0.05) is 24.3 Å². The van der Waals surface area contributed by atoms with Crippen LogP contribution < -0.4 is 0 Å². The fraction of sp³-hybridized carbons (Fsp3) is 0.500. The molecule has 0 spiro atoms. The number of benzene rings is 1. The monoisotopic (exact) mass is 420 g/mol. The first-order valence-corrected chi connectivity index (χ1v) is 9.74. The topological polar surface area (TPSA) is 96.4 Å². The van der Waals surface area contributed by atoms with Gasteiger partial charge in [0.25, 0.3) is 0 Å². The second-order valence-corrected chi connectivity index (χ2v) is 7.76. The van der Waals surface area contributed by atoms with Gasteiger partial charge in [-0.05, 0) is 44.7 Å². The fourth-order valence-electron chi connectivity index (χ4n) is 3.16. The summed E-state index contributed by atoms with van der Waals surface area (Å²) in [6, 6.07) is 7.32. The molecule has 2 amide bonds. The van der Waals surface area contributed by atoms with Gasteiger partial charge in [0.1, 0.15) is 11.6 Å². The van der Waals surface area contributed by atoms with E-state index in [1.165, 1.54) is 16.9 Å². The molecule has 1 fully saturated rings. The number of ether oxygens (including phenoxy) is 2. The van der Waals surface area contributed by atoms with Crippen molar-refractivity contribution in [3.05, 3.63) is 48.6 Å². The van der Waals surface area contributed by atoms with Gasteiger partial charge in [-0.25, -0.2) is 14.4 Å². The molecule has 166 valence electrons. The van der Waals surface area contributed by atoms with Crippen molar-refractivity contribution in [2.45, 2.75) is 58.3 Å². The number of amides is 2. The largest absolute Gasteiger partial charge is 0.467 e. The minimum atomic E-state index is -0.841. The number of esters is 1. The van der Waals surface area contributed by atoms with Crippen LogP contribution in [-0.4, -0.2) is 58.4 Å². The van der Waals surface area contributed by atoms with Gasteiger partial charge < -0.3 is 14.6 Å². The lowest BCUT2D eigenvalue weighted by Crippen LogP contribution is -2.43. The van der Waals surface area contributed by atoms with Crippen LogP contribution in [0, 0.1) is 0 Å². The van der Waals surface area contributed by atoms with E-state index in [1.807, 2.05) is 24.3 Å². The van der Waals surface area contributed by atoms with E-state index in [0.717, 1.165) is 17.5 Å². The first-order valence-electron chi connectivity index (χ1n) is 9.74. The molecule has 1 aromatic carbocycles. The number of fused-ring (bicyclic) bond motifs is 1. The zero-order chi connectivity index (χ0) is 22.9. The third-order valence-corrected chi connectivity index (χ3v) is 4.47. The van der Waals surface area contributed by atoms with Crippen molar-refractivity contribution in [3.63, 3.8) is 0 Å². The predicted molar refractivity (Wildman–Crippen MR) is 113 cm³/mol. The number of likely N-dealkylation sites (tertiary alicyclic amines) is 1. The average molecular weight is 421 g/mol. The number of carbonyl (C=O) groups excluding carboxylic acids is 2. The summed E-state index contributed by atoms with van der Waals surface area (Å²) < 4.78 is 9.88. The van der Waals surface area contributed by atoms with Crippen LogP contribution in [0.1, 0.15) is 44.7 Å². The Morgan fingerprint density at radius 3 is 2.07 bits per heavy atom. The van der Waals surface area contributed by atoms with Gasteiger partial charge >= 0.3 is 18.2 Å². The summed E-state index contributed by atoms with van der Waals surface area (Å²) in [5.41, 5.74) is 1.71. The molecule has 8 heteroatoms. The Balaban J connectivity index is 0.000000285. The highest BCUT2D eigenvalue weighted by molar-refractivity contribution is 5.82. The molecule has 1 unspecified atom stereocenters. The second kappa shape index (κ2) is 11.2. The highest BCUT2D eigenvalue weighted by atomic mass is 16.6. The van der Waals surface area contributed by atoms with Crippen LogP contribution in [0.5, 0.6) is 0 Å². The van der Waals surface area contributed by atoms with E-state index in [9.17, 15) is 14.4 Å². The van der Waals surface area contributed by atoms with Gasteiger partial charge in [-0.15, -0.1) is 13.2 Å². The van der Waals surface area contributed by atoms with E-state index >= 15 is 0 Å². The Kier molecular flexibility index (Phi) is 9.36. The quantitative estimate of drug-likeness (QED) is 0.544. The summed E-state index contributed by atoms with van der Waals surface area (Å²) in [6.45, 7) is 13.0. The molecule has 0 saturated carbocycles. The number of hydrogen-bond acceptors (Lipinski definition) is 5. The van der Waals surface area contributed by atoms with Gasteiger partial charge in [0.05, 0.1) is 7.11 Å². The van der Waals surface area contributed by atoms with Gasteiger partial charge in [-0.3, -0.25) is 9.80 Å². The van der Waals surface area contributed by atoms with Crippen molar-refractivity contribution in [3.8, 4) is 0 Å². The van der Waals surface area contributed by atoms with Crippen LogP contribution in [0.2, 0.25) is 0 Å². The number of nitrogens with zero attached hydrogens (tertiary/aromatic N) is 2. The van der Waals surface area contributed by atoms with Gasteiger partial charge in [0, 0.05) is 19.6 Å². The van der Waals surface area contributed by atoms with E-state index in [4.69, 9.17) is 9.84 Å². The first-order chi connectivity index (χ1) is 14.1. The standard InChI is InChI=1S/C11H19NO4.C9H9NO2.C2H4/c1-11(2,3)16-10(14)12-7-5-6-8(12)9(13)15-4;11-9(12)10-5-7-3-1-2-4-8(7)6-10;1-2/h8H,5-7H2,1-4H3;1-4H,5-6H2,(H,11,12);1-2H2. The summed E-state index contributed by atoms with van der Waals surface area (Å²) >= 11 is 0. The minimum Gasteiger partial charge on any atom is -0.467 e. The molecule has 1 N–H and O–H groups in total. The molecule has 2 heterocycles. The van der Waals surface area contributed by atoms with Crippen LogP contribution in [0.4, 0.5) is 9.59 Å². The lowest BCUT2D eigenvalue weighted by Gasteiger charge is -2.27. The maximum absolute atomic E-state index is 11.8. The Morgan fingerprint density at radius 2 is 1.63 bits per heavy atom. The predicted octanol–water partition coefficient (Wildman–Crippen LogP) is 4.04. The minimum absolute atomic E-state index is 0.372. The summed E-state index contributed by atoms with van der Waals surface area (Å²) in [4.78, 5) is 36.7. The van der Waals surface area contributed by atoms with E-state index in [0.29, 0.717) is 26.1 Å². The maximum atomic E-state index is 11.8. The molecule has 2 aliphatic rings. The van der Waals surface area contributed by atoms with Crippen molar-refractivity contribution >= 4 is 18.2 Å². The number of rotatable bonds is 1. The lowest BCUT2D eigenvalue weighted by molar-refractivity contribution is -0.145. The van der Waals surface area contributed by atoms with Crippen LogP contribution in [0.3, 0.4) is 0 Å².